The van der Waals surface area contributed by atoms with Gasteiger partial charge in [0.15, 0.2) is 0 Å². The summed E-state index contributed by atoms with van der Waals surface area (Å²) >= 11 is 3.57. The van der Waals surface area contributed by atoms with Crippen molar-refractivity contribution in [2.24, 2.45) is 5.92 Å². The standard InChI is InChI=1S/C16H23NO2S2/c1-11-3-2-5-16(8-11,10-18)17-15(19)14-7-12-9-20-6-4-13(12)21-14/h7,11,18H,2-6,8-10H2,1H3,(H,17,19). The van der Waals surface area contributed by atoms with Crippen LogP contribution in [0, 0.1) is 5.92 Å². The van der Waals surface area contributed by atoms with Crippen molar-refractivity contribution in [3.05, 3.63) is 21.4 Å². The minimum Gasteiger partial charge on any atom is -0.394 e. The first-order valence-corrected chi connectivity index (χ1v) is 9.72. The Kier molecular flexibility index (Phi) is 4.62. The van der Waals surface area contributed by atoms with Crippen LogP contribution in [0.1, 0.15) is 52.7 Å². The van der Waals surface area contributed by atoms with E-state index in [1.807, 2.05) is 11.8 Å². The summed E-state index contributed by atoms with van der Waals surface area (Å²) in [4.78, 5) is 14.8. The zero-order valence-electron chi connectivity index (χ0n) is 12.5. The molecule has 2 N–H and O–H groups in total. The van der Waals surface area contributed by atoms with E-state index in [0.29, 0.717) is 5.92 Å². The maximum Gasteiger partial charge on any atom is 0.261 e. The maximum absolute atomic E-state index is 12.6. The fraction of sp³-hybridized carbons (Fsp3) is 0.688. The topological polar surface area (TPSA) is 49.3 Å². The fourth-order valence-electron chi connectivity index (χ4n) is 3.52. The normalized spacial score (nSPS) is 29.0. The second kappa shape index (κ2) is 6.31. The molecule has 2 heterocycles. The van der Waals surface area contributed by atoms with Crippen LogP contribution in [0.2, 0.25) is 0 Å². The molecule has 3 nitrogen and oxygen atoms in total. The molecule has 1 aromatic rings. The van der Waals surface area contributed by atoms with Crippen molar-refractivity contribution < 1.29 is 9.90 Å². The lowest BCUT2D eigenvalue weighted by molar-refractivity contribution is 0.0700. The van der Waals surface area contributed by atoms with Gasteiger partial charge in [0.25, 0.3) is 5.91 Å². The molecule has 0 spiro atoms. The van der Waals surface area contributed by atoms with Gasteiger partial charge in [0, 0.05) is 10.6 Å². The number of fused-ring (bicyclic) bond motifs is 1. The minimum absolute atomic E-state index is 0.00236. The van der Waals surface area contributed by atoms with Gasteiger partial charge >= 0.3 is 0 Å². The number of hydrogen-bond donors (Lipinski definition) is 2. The largest absolute Gasteiger partial charge is 0.394 e. The molecule has 21 heavy (non-hydrogen) atoms. The van der Waals surface area contributed by atoms with E-state index in [1.54, 1.807) is 11.3 Å². The Balaban J connectivity index is 1.74. The summed E-state index contributed by atoms with van der Waals surface area (Å²) < 4.78 is 0. The minimum atomic E-state index is -0.409. The Labute approximate surface area is 134 Å². The van der Waals surface area contributed by atoms with Gasteiger partial charge in [-0.05, 0) is 42.6 Å². The van der Waals surface area contributed by atoms with Crippen molar-refractivity contribution in [2.45, 2.75) is 50.3 Å². The Morgan fingerprint density at radius 1 is 1.57 bits per heavy atom. The van der Waals surface area contributed by atoms with E-state index in [-0.39, 0.29) is 12.5 Å². The molecule has 1 aliphatic carbocycles. The molecule has 0 bridgehead atoms. The van der Waals surface area contributed by atoms with Gasteiger partial charge in [0.1, 0.15) is 0 Å². The van der Waals surface area contributed by atoms with Crippen LogP contribution < -0.4 is 5.32 Å². The first kappa shape index (κ1) is 15.4. The van der Waals surface area contributed by atoms with E-state index < -0.39 is 5.54 Å². The van der Waals surface area contributed by atoms with E-state index in [2.05, 4.69) is 18.3 Å². The number of aliphatic hydroxyl groups is 1. The van der Waals surface area contributed by atoms with E-state index in [1.165, 1.54) is 16.9 Å². The third-order valence-electron chi connectivity index (χ3n) is 4.62. The fourth-order valence-corrected chi connectivity index (χ4v) is 5.79. The first-order valence-electron chi connectivity index (χ1n) is 7.74. The van der Waals surface area contributed by atoms with Crippen LogP contribution in [-0.4, -0.2) is 28.9 Å². The van der Waals surface area contributed by atoms with Crippen LogP contribution in [0.4, 0.5) is 0 Å². The molecule has 1 fully saturated rings. The van der Waals surface area contributed by atoms with Crippen molar-refractivity contribution in [2.75, 3.05) is 12.4 Å². The van der Waals surface area contributed by atoms with Crippen molar-refractivity contribution in [3.8, 4) is 0 Å². The monoisotopic (exact) mass is 325 g/mol. The smallest absolute Gasteiger partial charge is 0.261 e. The number of aliphatic hydroxyl groups excluding tert-OH is 1. The molecule has 2 atom stereocenters. The maximum atomic E-state index is 12.6. The summed E-state index contributed by atoms with van der Waals surface area (Å²) in [6.07, 6.45) is 5.14. The van der Waals surface area contributed by atoms with Gasteiger partial charge in [0.05, 0.1) is 17.0 Å². The highest BCUT2D eigenvalue weighted by molar-refractivity contribution is 7.98. The highest BCUT2D eigenvalue weighted by Crippen LogP contribution is 2.34. The van der Waals surface area contributed by atoms with Gasteiger partial charge in [0.2, 0.25) is 0 Å². The number of rotatable bonds is 3. The number of thiophene rings is 1. The van der Waals surface area contributed by atoms with Crippen LogP contribution in [0.3, 0.4) is 0 Å². The number of hydrogen-bond acceptors (Lipinski definition) is 4. The molecule has 5 heteroatoms. The van der Waals surface area contributed by atoms with Crippen molar-refractivity contribution in [3.63, 3.8) is 0 Å². The first-order chi connectivity index (χ1) is 10.1. The number of carbonyl (C=O) groups is 1. The molecule has 3 rings (SSSR count). The molecule has 2 unspecified atom stereocenters. The zero-order valence-corrected chi connectivity index (χ0v) is 14.1. The van der Waals surface area contributed by atoms with Gasteiger partial charge in [-0.25, -0.2) is 0 Å². The lowest BCUT2D eigenvalue weighted by Gasteiger charge is -2.39. The van der Waals surface area contributed by atoms with Crippen LogP contribution in [0.25, 0.3) is 0 Å². The van der Waals surface area contributed by atoms with Crippen LogP contribution in [-0.2, 0) is 12.2 Å². The second-order valence-electron chi connectivity index (χ2n) is 6.46. The molecule has 116 valence electrons. The summed E-state index contributed by atoms with van der Waals surface area (Å²) in [5.74, 6) is 2.76. The lowest BCUT2D eigenvalue weighted by atomic mass is 9.77. The predicted octanol–water partition coefficient (Wildman–Crippen LogP) is 3.21. The third kappa shape index (κ3) is 3.30. The van der Waals surface area contributed by atoms with Crippen molar-refractivity contribution in [1.82, 2.24) is 5.32 Å². The summed E-state index contributed by atoms with van der Waals surface area (Å²) in [5.41, 5.74) is 0.921. The number of carbonyl (C=O) groups excluding carboxylic acids is 1. The van der Waals surface area contributed by atoms with Gasteiger partial charge < -0.3 is 10.4 Å². The Morgan fingerprint density at radius 2 is 2.43 bits per heavy atom. The summed E-state index contributed by atoms with van der Waals surface area (Å²) in [6.45, 7) is 2.25. The number of amides is 1. The average Bonchev–Trinajstić information content (AvgIpc) is 2.91. The molecule has 0 radical (unpaired) electrons. The summed E-state index contributed by atoms with van der Waals surface area (Å²) in [6, 6.07) is 2.05. The van der Waals surface area contributed by atoms with Gasteiger partial charge in [-0.2, -0.15) is 11.8 Å². The zero-order chi connectivity index (χ0) is 14.9. The van der Waals surface area contributed by atoms with Gasteiger partial charge in [-0.15, -0.1) is 11.3 Å². The van der Waals surface area contributed by atoms with Crippen LogP contribution in [0.15, 0.2) is 6.07 Å². The van der Waals surface area contributed by atoms with E-state index in [0.717, 1.165) is 42.1 Å². The summed E-state index contributed by atoms with van der Waals surface area (Å²) in [7, 11) is 0. The van der Waals surface area contributed by atoms with E-state index >= 15 is 0 Å². The third-order valence-corrected chi connectivity index (χ3v) is 6.87. The molecule has 1 amide bonds. The molecule has 0 aromatic carbocycles. The number of aryl methyl sites for hydroxylation is 1. The SMILES string of the molecule is CC1CCCC(CO)(NC(=O)c2cc3c(s2)CCSC3)C1. The van der Waals surface area contributed by atoms with E-state index in [4.69, 9.17) is 0 Å². The number of thioether (sulfide) groups is 1. The van der Waals surface area contributed by atoms with Crippen molar-refractivity contribution in [1.29, 1.82) is 0 Å². The number of nitrogens with one attached hydrogen (secondary N) is 1. The quantitative estimate of drug-likeness (QED) is 0.897. The molecule has 0 saturated heterocycles. The molecule has 1 aromatic heterocycles. The molecule has 1 aliphatic heterocycles. The molecular weight excluding hydrogens is 302 g/mol. The average molecular weight is 325 g/mol. The Bertz CT molecular complexity index is 505. The highest BCUT2D eigenvalue weighted by Gasteiger charge is 2.36. The van der Waals surface area contributed by atoms with Crippen LogP contribution >= 0.6 is 23.1 Å². The van der Waals surface area contributed by atoms with E-state index in [9.17, 15) is 9.90 Å². The van der Waals surface area contributed by atoms with Gasteiger partial charge in [-0.3, -0.25) is 4.79 Å². The van der Waals surface area contributed by atoms with Crippen molar-refractivity contribution >= 4 is 29.0 Å². The Hall–Kier alpha value is -0.520. The van der Waals surface area contributed by atoms with Crippen LogP contribution in [0.5, 0.6) is 0 Å². The summed E-state index contributed by atoms with van der Waals surface area (Å²) in [5, 5.41) is 13.0. The molecule has 1 saturated carbocycles. The lowest BCUT2D eigenvalue weighted by Crippen LogP contribution is -2.53. The second-order valence-corrected chi connectivity index (χ2v) is 8.70. The Morgan fingerprint density at radius 3 is 3.14 bits per heavy atom. The predicted molar refractivity (Wildman–Crippen MR) is 89.1 cm³/mol. The molecular formula is C16H23NO2S2. The molecule has 2 aliphatic rings. The highest BCUT2D eigenvalue weighted by atomic mass is 32.2. The van der Waals surface area contributed by atoms with Gasteiger partial charge in [-0.1, -0.05) is 19.8 Å².